The molecule has 3 rings (SSSR count). The van der Waals surface area contributed by atoms with Gasteiger partial charge in [-0.2, -0.15) is 0 Å². The summed E-state index contributed by atoms with van der Waals surface area (Å²) in [4.78, 5) is 12.9. The molecule has 0 radical (unpaired) electrons. The van der Waals surface area contributed by atoms with E-state index in [1.165, 1.54) is 6.42 Å². The van der Waals surface area contributed by atoms with E-state index in [1.807, 2.05) is 6.07 Å². The zero-order valence-corrected chi connectivity index (χ0v) is 11.9. The molecule has 2 atom stereocenters. The number of nitro groups is 1. The highest BCUT2D eigenvalue weighted by atomic mass is 35.5. The van der Waals surface area contributed by atoms with Crippen molar-refractivity contribution in [2.45, 2.75) is 38.0 Å². The minimum Gasteiger partial charge on any atom is -0.375 e. The van der Waals surface area contributed by atoms with Gasteiger partial charge in [-0.05, 0) is 30.9 Å². The highest BCUT2D eigenvalue weighted by molar-refractivity contribution is 6.32. The van der Waals surface area contributed by atoms with Gasteiger partial charge in [-0.1, -0.05) is 17.7 Å². The van der Waals surface area contributed by atoms with Gasteiger partial charge in [0, 0.05) is 25.2 Å². The maximum Gasteiger partial charge on any atom is 0.288 e. The van der Waals surface area contributed by atoms with Crippen molar-refractivity contribution in [3.63, 3.8) is 0 Å². The fraction of sp³-hybridized carbons (Fsp3) is 0.571. The molecular weight excluding hydrogens is 280 g/mol. The summed E-state index contributed by atoms with van der Waals surface area (Å²) in [7, 11) is 0. The fourth-order valence-electron chi connectivity index (χ4n) is 3.23. The lowest BCUT2D eigenvalue weighted by atomic mass is 10.1. The van der Waals surface area contributed by atoms with Crippen LogP contribution >= 0.6 is 11.6 Å². The molecule has 1 saturated carbocycles. The Kier molecular flexibility index (Phi) is 3.92. The number of nitrogens with zero attached hydrogens (tertiary/aromatic N) is 2. The lowest BCUT2D eigenvalue weighted by Gasteiger charge is -2.37. The molecule has 2 aliphatic rings. The molecule has 0 aromatic heterocycles. The minimum atomic E-state index is -0.427. The summed E-state index contributed by atoms with van der Waals surface area (Å²) < 4.78 is 5.78. The van der Waals surface area contributed by atoms with E-state index >= 15 is 0 Å². The van der Waals surface area contributed by atoms with Gasteiger partial charge in [0.25, 0.3) is 5.69 Å². The van der Waals surface area contributed by atoms with Crippen LogP contribution in [0.25, 0.3) is 0 Å². The number of ether oxygens (including phenoxy) is 1. The second-order valence-corrected chi connectivity index (χ2v) is 5.83. The summed E-state index contributed by atoms with van der Waals surface area (Å²) in [5, 5.41) is 11.1. The van der Waals surface area contributed by atoms with E-state index in [0.717, 1.165) is 38.1 Å². The third-order valence-electron chi connectivity index (χ3n) is 4.19. The molecule has 2 fully saturated rings. The van der Waals surface area contributed by atoms with E-state index in [2.05, 4.69) is 4.90 Å². The van der Waals surface area contributed by atoms with Crippen LogP contribution in [-0.2, 0) is 11.3 Å². The lowest BCUT2D eigenvalue weighted by Crippen LogP contribution is -2.47. The first kappa shape index (κ1) is 13.8. The SMILES string of the molecule is O=[N+]([O-])c1cc(CN2CCOC3CCCC32)ccc1Cl. The van der Waals surface area contributed by atoms with Gasteiger partial charge < -0.3 is 4.74 Å². The number of rotatable bonds is 3. The first-order valence-corrected chi connectivity index (χ1v) is 7.31. The molecule has 6 heteroatoms. The van der Waals surface area contributed by atoms with E-state index < -0.39 is 4.92 Å². The Morgan fingerprint density at radius 2 is 2.30 bits per heavy atom. The summed E-state index contributed by atoms with van der Waals surface area (Å²) in [6, 6.07) is 5.52. The van der Waals surface area contributed by atoms with Gasteiger partial charge in [-0.15, -0.1) is 0 Å². The molecule has 0 spiro atoms. The quantitative estimate of drug-likeness (QED) is 0.635. The van der Waals surface area contributed by atoms with Crippen molar-refractivity contribution in [2.24, 2.45) is 0 Å². The summed E-state index contributed by atoms with van der Waals surface area (Å²) >= 11 is 5.85. The van der Waals surface area contributed by atoms with Crippen molar-refractivity contribution in [1.82, 2.24) is 4.90 Å². The van der Waals surface area contributed by atoms with Gasteiger partial charge >= 0.3 is 0 Å². The number of hydrogen-bond acceptors (Lipinski definition) is 4. The Hall–Kier alpha value is -1.17. The van der Waals surface area contributed by atoms with E-state index in [1.54, 1.807) is 12.1 Å². The molecule has 1 aromatic rings. The maximum atomic E-state index is 10.9. The van der Waals surface area contributed by atoms with Gasteiger partial charge in [0.1, 0.15) is 5.02 Å². The topological polar surface area (TPSA) is 55.6 Å². The molecular formula is C14H17ClN2O3. The number of hydrogen-bond donors (Lipinski definition) is 0. The van der Waals surface area contributed by atoms with Gasteiger partial charge in [0.15, 0.2) is 0 Å². The van der Waals surface area contributed by atoms with Crippen LogP contribution in [0.4, 0.5) is 5.69 Å². The minimum absolute atomic E-state index is 0.0135. The predicted octanol–water partition coefficient (Wildman–Crippen LogP) is 3.00. The molecule has 2 unspecified atom stereocenters. The molecule has 5 nitrogen and oxygen atoms in total. The molecule has 1 heterocycles. The van der Waals surface area contributed by atoms with Crippen molar-refractivity contribution in [3.8, 4) is 0 Å². The molecule has 1 aliphatic heterocycles. The van der Waals surface area contributed by atoms with Crippen molar-refractivity contribution in [3.05, 3.63) is 38.9 Å². The Balaban J connectivity index is 1.77. The van der Waals surface area contributed by atoms with Gasteiger partial charge in [0.2, 0.25) is 0 Å². The summed E-state index contributed by atoms with van der Waals surface area (Å²) in [6.07, 6.45) is 3.82. The zero-order valence-electron chi connectivity index (χ0n) is 11.1. The first-order chi connectivity index (χ1) is 9.65. The standard InChI is InChI=1S/C14H17ClN2O3/c15-11-5-4-10(8-13(11)17(18)19)9-16-6-7-20-14-3-1-2-12(14)16/h4-5,8,12,14H,1-3,6-7,9H2. The monoisotopic (exact) mass is 296 g/mol. The average molecular weight is 297 g/mol. The highest BCUT2D eigenvalue weighted by Gasteiger charge is 2.35. The van der Waals surface area contributed by atoms with Crippen LogP contribution < -0.4 is 0 Å². The van der Waals surface area contributed by atoms with E-state index in [4.69, 9.17) is 16.3 Å². The molecule has 0 amide bonds. The molecule has 1 aromatic carbocycles. The Morgan fingerprint density at radius 3 is 3.10 bits per heavy atom. The molecule has 20 heavy (non-hydrogen) atoms. The van der Waals surface area contributed by atoms with Crippen LogP contribution in [0.2, 0.25) is 5.02 Å². The highest BCUT2D eigenvalue weighted by Crippen LogP contribution is 2.32. The second-order valence-electron chi connectivity index (χ2n) is 5.42. The van der Waals surface area contributed by atoms with Crippen LogP contribution in [0.3, 0.4) is 0 Å². The Morgan fingerprint density at radius 1 is 1.45 bits per heavy atom. The van der Waals surface area contributed by atoms with E-state index in [0.29, 0.717) is 12.1 Å². The third kappa shape index (κ3) is 2.66. The van der Waals surface area contributed by atoms with Crippen molar-refractivity contribution >= 4 is 17.3 Å². The first-order valence-electron chi connectivity index (χ1n) is 6.93. The van der Waals surface area contributed by atoms with Gasteiger partial charge in [-0.25, -0.2) is 0 Å². The summed E-state index contributed by atoms with van der Waals surface area (Å²) in [6.45, 7) is 2.36. The number of benzene rings is 1. The number of halogens is 1. The number of nitro benzene ring substituents is 1. The van der Waals surface area contributed by atoms with Gasteiger partial charge in [0.05, 0.1) is 17.6 Å². The number of fused-ring (bicyclic) bond motifs is 1. The van der Waals surface area contributed by atoms with Crippen molar-refractivity contribution < 1.29 is 9.66 Å². The molecule has 1 saturated heterocycles. The van der Waals surface area contributed by atoms with Gasteiger partial charge in [-0.3, -0.25) is 15.0 Å². The van der Waals surface area contributed by atoms with Crippen LogP contribution in [-0.4, -0.2) is 35.1 Å². The average Bonchev–Trinajstić information content (AvgIpc) is 2.90. The smallest absolute Gasteiger partial charge is 0.288 e. The molecule has 0 N–H and O–H groups in total. The zero-order chi connectivity index (χ0) is 14.1. The fourth-order valence-corrected chi connectivity index (χ4v) is 3.42. The van der Waals surface area contributed by atoms with Crippen LogP contribution in [0.15, 0.2) is 18.2 Å². The van der Waals surface area contributed by atoms with Crippen LogP contribution in [0.1, 0.15) is 24.8 Å². The van der Waals surface area contributed by atoms with E-state index in [-0.39, 0.29) is 10.7 Å². The predicted molar refractivity (Wildman–Crippen MR) is 75.9 cm³/mol. The van der Waals surface area contributed by atoms with Crippen LogP contribution in [0, 0.1) is 10.1 Å². The van der Waals surface area contributed by atoms with Crippen LogP contribution in [0.5, 0.6) is 0 Å². The lowest BCUT2D eigenvalue weighted by molar-refractivity contribution is -0.384. The molecule has 108 valence electrons. The Labute approximate surface area is 122 Å². The van der Waals surface area contributed by atoms with Crippen molar-refractivity contribution in [2.75, 3.05) is 13.2 Å². The van der Waals surface area contributed by atoms with Crippen molar-refractivity contribution in [1.29, 1.82) is 0 Å². The molecule has 0 bridgehead atoms. The number of morpholine rings is 1. The Bertz CT molecular complexity index is 523. The second kappa shape index (κ2) is 5.68. The third-order valence-corrected chi connectivity index (χ3v) is 4.51. The normalized spacial score (nSPS) is 26.4. The largest absolute Gasteiger partial charge is 0.375 e. The summed E-state index contributed by atoms with van der Waals surface area (Å²) in [5.41, 5.74) is 0.925. The molecule has 1 aliphatic carbocycles. The summed E-state index contributed by atoms with van der Waals surface area (Å²) in [5.74, 6) is 0. The van der Waals surface area contributed by atoms with E-state index in [9.17, 15) is 10.1 Å². The maximum absolute atomic E-state index is 10.9.